The van der Waals surface area contributed by atoms with Crippen LogP contribution < -0.4 is 5.32 Å². The summed E-state index contributed by atoms with van der Waals surface area (Å²) in [6.45, 7) is 0.973. The minimum absolute atomic E-state index is 0.137. The topological polar surface area (TPSA) is 69.6 Å². The van der Waals surface area contributed by atoms with Crippen molar-refractivity contribution in [3.05, 3.63) is 0 Å². The highest BCUT2D eigenvalue weighted by molar-refractivity contribution is 5.95. The molecule has 5 nitrogen and oxygen atoms in total. The van der Waals surface area contributed by atoms with Gasteiger partial charge in [0.05, 0.1) is 6.54 Å². The minimum atomic E-state index is -0.984. The first kappa shape index (κ1) is 7.39. The Balaban J connectivity index is 2.24. The summed E-state index contributed by atoms with van der Waals surface area (Å²) in [5.74, 6) is -0.137. The lowest BCUT2D eigenvalue weighted by molar-refractivity contribution is -0.139. The Morgan fingerprint density at radius 2 is 2.42 bits per heavy atom. The Kier molecular flexibility index (Phi) is 1.31. The molecule has 5 heteroatoms. The number of β-lactam (4-membered cyclic amide) rings is 1. The van der Waals surface area contributed by atoms with Crippen molar-refractivity contribution >= 4 is 12.0 Å². The number of likely N-dealkylation sites (tertiary alicyclic amines) is 1. The molecule has 2 saturated heterocycles. The average molecular weight is 170 g/mol. The first-order chi connectivity index (χ1) is 5.67. The zero-order chi connectivity index (χ0) is 8.77. The molecule has 0 aliphatic carbocycles. The van der Waals surface area contributed by atoms with E-state index in [4.69, 9.17) is 5.11 Å². The van der Waals surface area contributed by atoms with E-state index in [0.29, 0.717) is 19.5 Å². The highest BCUT2D eigenvalue weighted by Crippen LogP contribution is 2.33. The predicted octanol–water partition coefficient (Wildman–Crippen LogP) is -0.371. The van der Waals surface area contributed by atoms with E-state index in [0.717, 1.165) is 6.42 Å². The van der Waals surface area contributed by atoms with Crippen LogP contribution in [0, 0.1) is 0 Å². The first-order valence-corrected chi connectivity index (χ1v) is 3.96. The van der Waals surface area contributed by atoms with E-state index in [2.05, 4.69) is 5.32 Å². The number of carbonyl (C=O) groups excluding carboxylic acids is 1. The van der Waals surface area contributed by atoms with Gasteiger partial charge in [-0.25, -0.2) is 4.79 Å². The highest BCUT2D eigenvalue weighted by atomic mass is 16.4. The molecule has 0 bridgehead atoms. The number of carboxylic acid groups (broad SMARTS) is 1. The summed E-state index contributed by atoms with van der Waals surface area (Å²) in [6, 6.07) is 0. The van der Waals surface area contributed by atoms with E-state index in [-0.39, 0.29) is 5.91 Å². The second-order valence-corrected chi connectivity index (χ2v) is 3.25. The summed E-state index contributed by atoms with van der Waals surface area (Å²) in [7, 11) is 0. The predicted molar refractivity (Wildman–Crippen MR) is 39.7 cm³/mol. The zero-order valence-corrected chi connectivity index (χ0v) is 6.54. The second kappa shape index (κ2) is 2.12. The molecule has 66 valence electrons. The molecule has 2 amide bonds. The van der Waals surface area contributed by atoms with E-state index < -0.39 is 11.6 Å². The Labute approximate surface area is 69.3 Å². The van der Waals surface area contributed by atoms with Crippen LogP contribution in [-0.2, 0) is 4.79 Å². The molecule has 1 atom stereocenters. The van der Waals surface area contributed by atoms with Crippen LogP contribution in [0.1, 0.15) is 12.8 Å². The molecule has 2 heterocycles. The van der Waals surface area contributed by atoms with Gasteiger partial charge in [-0.2, -0.15) is 0 Å². The fourth-order valence-corrected chi connectivity index (χ4v) is 1.94. The third-order valence-corrected chi connectivity index (χ3v) is 2.68. The number of nitrogens with one attached hydrogen (secondary N) is 1. The van der Waals surface area contributed by atoms with Crippen molar-refractivity contribution in [3.8, 4) is 0 Å². The Bertz CT molecular complexity index is 253. The maximum Gasteiger partial charge on any atom is 0.408 e. The fourth-order valence-electron chi connectivity index (χ4n) is 1.94. The van der Waals surface area contributed by atoms with Crippen molar-refractivity contribution in [2.24, 2.45) is 0 Å². The van der Waals surface area contributed by atoms with Crippen molar-refractivity contribution in [1.82, 2.24) is 10.2 Å². The molecular formula is C7H10N2O3. The molecule has 0 aromatic rings. The van der Waals surface area contributed by atoms with Gasteiger partial charge in [0.2, 0.25) is 5.91 Å². The number of nitrogens with zero attached hydrogens (tertiary/aromatic N) is 1. The molecule has 1 unspecified atom stereocenters. The average Bonchev–Trinajstić information content (AvgIpc) is 2.47. The third-order valence-electron chi connectivity index (χ3n) is 2.68. The molecule has 2 rings (SSSR count). The van der Waals surface area contributed by atoms with Crippen LogP contribution in [0.2, 0.25) is 0 Å². The van der Waals surface area contributed by atoms with Crippen LogP contribution in [0.4, 0.5) is 4.79 Å². The molecule has 2 aliphatic heterocycles. The van der Waals surface area contributed by atoms with Gasteiger partial charge in [0.1, 0.15) is 5.54 Å². The molecule has 0 radical (unpaired) electrons. The standard InChI is InChI=1S/C7H10N2O3/c10-5-7(4-8-5)2-1-3-9(7)6(11)12/h1-4H2,(H,8,10)(H,11,12). The maximum absolute atomic E-state index is 11.2. The van der Waals surface area contributed by atoms with Gasteiger partial charge in [-0.05, 0) is 12.8 Å². The lowest BCUT2D eigenvalue weighted by Crippen LogP contribution is -2.71. The van der Waals surface area contributed by atoms with Gasteiger partial charge in [-0.3, -0.25) is 9.69 Å². The molecule has 12 heavy (non-hydrogen) atoms. The first-order valence-electron chi connectivity index (χ1n) is 3.96. The van der Waals surface area contributed by atoms with Gasteiger partial charge in [-0.1, -0.05) is 0 Å². The summed E-state index contributed by atoms with van der Waals surface area (Å²) in [5.41, 5.74) is -0.703. The van der Waals surface area contributed by atoms with E-state index in [1.807, 2.05) is 0 Å². The van der Waals surface area contributed by atoms with Crippen molar-refractivity contribution < 1.29 is 14.7 Å². The van der Waals surface area contributed by atoms with Gasteiger partial charge in [0.25, 0.3) is 0 Å². The van der Waals surface area contributed by atoms with Gasteiger partial charge in [-0.15, -0.1) is 0 Å². The Morgan fingerprint density at radius 1 is 1.67 bits per heavy atom. The fraction of sp³-hybridized carbons (Fsp3) is 0.714. The third kappa shape index (κ3) is 0.680. The number of carbonyl (C=O) groups is 2. The molecule has 1 spiro atoms. The van der Waals surface area contributed by atoms with Crippen molar-refractivity contribution in [2.45, 2.75) is 18.4 Å². The molecule has 0 aromatic carbocycles. The molecule has 2 fully saturated rings. The Hall–Kier alpha value is -1.26. The number of amides is 2. The van der Waals surface area contributed by atoms with Gasteiger partial charge in [0, 0.05) is 6.54 Å². The summed E-state index contributed by atoms with van der Waals surface area (Å²) < 4.78 is 0. The number of hydrogen-bond acceptors (Lipinski definition) is 2. The SMILES string of the molecule is O=C(O)N1CCCC12CNC2=O. The quantitative estimate of drug-likeness (QED) is 0.487. The molecule has 0 saturated carbocycles. The van der Waals surface area contributed by atoms with Gasteiger partial charge < -0.3 is 10.4 Å². The smallest absolute Gasteiger partial charge is 0.408 e. The lowest BCUT2D eigenvalue weighted by Gasteiger charge is -2.42. The van der Waals surface area contributed by atoms with Crippen LogP contribution in [0.5, 0.6) is 0 Å². The minimum Gasteiger partial charge on any atom is -0.465 e. The Morgan fingerprint density at radius 3 is 2.75 bits per heavy atom. The maximum atomic E-state index is 11.2. The summed E-state index contributed by atoms with van der Waals surface area (Å²) in [5, 5.41) is 11.4. The van der Waals surface area contributed by atoms with Gasteiger partial charge in [0.15, 0.2) is 0 Å². The number of rotatable bonds is 0. The monoisotopic (exact) mass is 170 g/mol. The molecular weight excluding hydrogens is 160 g/mol. The van der Waals surface area contributed by atoms with Crippen molar-refractivity contribution in [3.63, 3.8) is 0 Å². The summed E-state index contributed by atoms with van der Waals surface area (Å²) in [4.78, 5) is 23.1. The normalized spacial score (nSPS) is 33.3. The molecule has 0 aromatic heterocycles. The van der Waals surface area contributed by atoms with Crippen LogP contribution >= 0.6 is 0 Å². The highest BCUT2D eigenvalue weighted by Gasteiger charge is 2.55. The van der Waals surface area contributed by atoms with E-state index >= 15 is 0 Å². The van der Waals surface area contributed by atoms with Crippen LogP contribution in [-0.4, -0.2) is 40.6 Å². The van der Waals surface area contributed by atoms with E-state index in [1.54, 1.807) is 0 Å². The van der Waals surface area contributed by atoms with Crippen LogP contribution in [0.15, 0.2) is 0 Å². The largest absolute Gasteiger partial charge is 0.465 e. The lowest BCUT2D eigenvalue weighted by atomic mass is 9.88. The van der Waals surface area contributed by atoms with Gasteiger partial charge >= 0.3 is 6.09 Å². The molecule has 2 N–H and O–H groups in total. The zero-order valence-electron chi connectivity index (χ0n) is 6.54. The summed E-state index contributed by atoms with van der Waals surface area (Å²) >= 11 is 0. The van der Waals surface area contributed by atoms with E-state index in [1.165, 1.54) is 4.90 Å². The summed E-state index contributed by atoms with van der Waals surface area (Å²) in [6.07, 6.45) is 0.479. The van der Waals surface area contributed by atoms with Crippen LogP contribution in [0.3, 0.4) is 0 Å². The molecule has 2 aliphatic rings. The van der Waals surface area contributed by atoms with Crippen molar-refractivity contribution in [2.75, 3.05) is 13.1 Å². The second-order valence-electron chi connectivity index (χ2n) is 3.25. The van der Waals surface area contributed by atoms with Crippen molar-refractivity contribution in [1.29, 1.82) is 0 Å². The number of hydrogen-bond donors (Lipinski definition) is 2. The van der Waals surface area contributed by atoms with E-state index in [9.17, 15) is 9.59 Å². The van der Waals surface area contributed by atoms with Crippen LogP contribution in [0.25, 0.3) is 0 Å².